The molecular weight excluding hydrogens is 192 g/mol. The number of rotatable bonds is 3. The van der Waals surface area contributed by atoms with Crippen LogP contribution in [0.2, 0.25) is 0 Å². The third kappa shape index (κ3) is 3.47. The van der Waals surface area contributed by atoms with Crippen molar-refractivity contribution < 1.29 is 9.90 Å². The Bertz CT molecular complexity index is 235. The highest BCUT2D eigenvalue weighted by Crippen LogP contribution is 2.22. The van der Waals surface area contributed by atoms with Crippen LogP contribution in [0.5, 0.6) is 0 Å². The highest BCUT2D eigenvalue weighted by Gasteiger charge is 2.33. The molecule has 1 fully saturated rings. The largest absolute Gasteiger partial charge is 0.480 e. The van der Waals surface area contributed by atoms with Gasteiger partial charge in [-0.25, -0.2) is 0 Å². The van der Waals surface area contributed by atoms with Crippen molar-refractivity contribution in [3.05, 3.63) is 0 Å². The highest BCUT2D eigenvalue weighted by molar-refractivity contribution is 5.69. The van der Waals surface area contributed by atoms with Crippen LogP contribution in [-0.2, 0) is 4.79 Å². The van der Waals surface area contributed by atoms with Crippen LogP contribution in [-0.4, -0.2) is 59.1 Å². The Morgan fingerprint density at radius 1 is 1.53 bits per heavy atom. The summed E-state index contributed by atoms with van der Waals surface area (Å²) in [5.41, 5.74) is -0.0752. The van der Waals surface area contributed by atoms with Crippen LogP contribution < -0.4 is 0 Å². The van der Waals surface area contributed by atoms with Crippen molar-refractivity contribution in [1.29, 1.82) is 0 Å². The first kappa shape index (κ1) is 12.5. The van der Waals surface area contributed by atoms with Crippen LogP contribution in [0.4, 0.5) is 0 Å². The Labute approximate surface area is 91.9 Å². The third-order valence-corrected chi connectivity index (χ3v) is 2.97. The summed E-state index contributed by atoms with van der Waals surface area (Å²) in [5.74, 6) is -0.737. The van der Waals surface area contributed by atoms with E-state index in [1.165, 1.54) is 0 Å². The summed E-state index contributed by atoms with van der Waals surface area (Å²) >= 11 is 0. The zero-order valence-electron chi connectivity index (χ0n) is 10.2. The van der Waals surface area contributed by atoms with Gasteiger partial charge in [0.05, 0.1) is 6.54 Å². The fraction of sp³-hybridized carbons (Fsp3) is 0.909. The van der Waals surface area contributed by atoms with Gasteiger partial charge in [-0.3, -0.25) is 9.69 Å². The fourth-order valence-electron chi connectivity index (χ4n) is 2.23. The van der Waals surface area contributed by atoms with Gasteiger partial charge in [0.2, 0.25) is 0 Å². The van der Waals surface area contributed by atoms with Gasteiger partial charge < -0.3 is 10.0 Å². The van der Waals surface area contributed by atoms with E-state index in [0.29, 0.717) is 6.04 Å². The molecule has 0 amide bonds. The number of likely N-dealkylation sites (tertiary alicyclic amines) is 1. The summed E-state index contributed by atoms with van der Waals surface area (Å²) in [6.45, 7) is 8.42. The molecule has 88 valence electrons. The fourth-order valence-corrected chi connectivity index (χ4v) is 2.23. The molecule has 1 saturated heterocycles. The second kappa shape index (κ2) is 4.49. The van der Waals surface area contributed by atoms with E-state index in [1.807, 2.05) is 0 Å². The van der Waals surface area contributed by atoms with Crippen molar-refractivity contribution in [2.45, 2.75) is 38.8 Å². The van der Waals surface area contributed by atoms with Gasteiger partial charge >= 0.3 is 5.97 Å². The van der Waals surface area contributed by atoms with Gasteiger partial charge in [-0.05, 0) is 40.8 Å². The normalized spacial score (nSPS) is 23.7. The maximum Gasteiger partial charge on any atom is 0.317 e. The van der Waals surface area contributed by atoms with E-state index in [2.05, 4.69) is 37.6 Å². The Hall–Kier alpha value is -0.610. The van der Waals surface area contributed by atoms with Gasteiger partial charge in [0.15, 0.2) is 0 Å². The van der Waals surface area contributed by atoms with Crippen molar-refractivity contribution in [2.75, 3.05) is 26.7 Å². The topological polar surface area (TPSA) is 43.8 Å². The van der Waals surface area contributed by atoms with E-state index < -0.39 is 5.97 Å². The first-order valence-electron chi connectivity index (χ1n) is 5.48. The summed E-state index contributed by atoms with van der Waals surface area (Å²) in [4.78, 5) is 15.2. The molecule has 0 spiro atoms. The first-order valence-corrected chi connectivity index (χ1v) is 5.48. The Kier molecular flexibility index (Phi) is 3.73. The molecular formula is C11H22N2O2. The molecule has 0 aromatic heterocycles. The Balaban J connectivity index is 2.68. The van der Waals surface area contributed by atoms with Gasteiger partial charge in [-0.15, -0.1) is 0 Å². The van der Waals surface area contributed by atoms with E-state index in [4.69, 9.17) is 5.11 Å². The van der Waals surface area contributed by atoms with Crippen LogP contribution in [0.15, 0.2) is 0 Å². The van der Waals surface area contributed by atoms with Crippen molar-refractivity contribution >= 4 is 5.97 Å². The molecule has 1 rings (SSSR count). The summed E-state index contributed by atoms with van der Waals surface area (Å²) < 4.78 is 0. The van der Waals surface area contributed by atoms with Crippen LogP contribution in [0.3, 0.4) is 0 Å². The van der Waals surface area contributed by atoms with Crippen molar-refractivity contribution in [1.82, 2.24) is 9.80 Å². The molecule has 0 aromatic carbocycles. The third-order valence-electron chi connectivity index (χ3n) is 2.97. The maximum absolute atomic E-state index is 10.8. The number of aliphatic carboxylic acids is 1. The van der Waals surface area contributed by atoms with E-state index >= 15 is 0 Å². The van der Waals surface area contributed by atoms with Crippen LogP contribution >= 0.6 is 0 Å². The van der Waals surface area contributed by atoms with E-state index in [0.717, 1.165) is 19.5 Å². The van der Waals surface area contributed by atoms with Crippen molar-refractivity contribution in [2.24, 2.45) is 0 Å². The average Bonchev–Trinajstić information content (AvgIpc) is 2.45. The zero-order valence-corrected chi connectivity index (χ0v) is 10.2. The van der Waals surface area contributed by atoms with Gasteiger partial charge in [-0.1, -0.05) is 0 Å². The van der Waals surface area contributed by atoms with E-state index in [9.17, 15) is 4.79 Å². The molecule has 1 N–H and O–H groups in total. The molecule has 0 saturated carbocycles. The molecule has 0 radical (unpaired) electrons. The van der Waals surface area contributed by atoms with E-state index in [-0.39, 0.29) is 12.1 Å². The molecule has 4 heteroatoms. The molecule has 15 heavy (non-hydrogen) atoms. The number of hydrogen-bond donors (Lipinski definition) is 1. The lowest BCUT2D eigenvalue weighted by molar-refractivity contribution is -0.140. The Morgan fingerprint density at radius 2 is 2.13 bits per heavy atom. The minimum Gasteiger partial charge on any atom is -0.480 e. The number of carboxylic acids is 1. The van der Waals surface area contributed by atoms with Crippen molar-refractivity contribution in [3.63, 3.8) is 0 Å². The number of hydrogen-bond acceptors (Lipinski definition) is 3. The van der Waals surface area contributed by atoms with Crippen LogP contribution in [0.25, 0.3) is 0 Å². The molecule has 0 aromatic rings. The molecule has 1 atom stereocenters. The summed E-state index contributed by atoms with van der Waals surface area (Å²) in [6, 6.07) is 0.381. The lowest BCUT2D eigenvalue weighted by atomic mass is 10.0. The molecule has 4 nitrogen and oxygen atoms in total. The SMILES string of the molecule is CN1CCC(N(CC(=O)O)C(C)(C)C)C1. The molecule has 1 aliphatic heterocycles. The summed E-state index contributed by atoms with van der Waals surface area (Å²) in [5, 5.41) is 8.92. The smallest absolute Gasteiger partial charge is 0.317 e. The number of likely N-dealkylation sites (N-methyl/N-ethyl adjacent to an activating group) is 1. The molecule has 1 heterocycles. The monoisotopic (exact) mass is 214 g/mol. The van der Waals surface area contributed by atoms with Gasteiger partial charge in [0, 0.05) is 18.1 Å². The lowest BCUT2D eigenvalue weighted by Gasteiger charge is -2.39. The first-order chi connectivity index (χ1) is 6.80. The predicted molar refractivity (Wildman–Crippen MR) is 60.0 cm³/mol. The number of carbonyl (C=O) groups is 1. The Morgan fingerprint density at radius 3 is 2.47 bits per heavy atom. The molecule has 1 unspecified atom stereocenters. The zero-order chi connectivity index (χ0) is 11.6. The number of carboxylic acid groups (broad SMARTS) is 1. The number of nitrogens with zero attached hydrogens (tertiary/aromatic N) is 2. The predicted octanol–water partition coefficient (Wildman–Crippen LogP) is 0.876. The molecule has 0 bridgehead atoms. The standard InChI is InChI=1S/C11H22N2O2/c1-11(2,3)13(8-10(14)15)9-5-6-12(4)7-9/h9H,5-8H2,1-4H3,(H,14,15). The minimum absolute atomic E-state index is 0.0752. The second-order valence-corrected chi connectivity index (χ2v) is 5.40. The average molecular weight is 214 g/mol. The minimum atomic E-state index is -0.737. The highest BCUT2D eigenvalue weighted by atomic mass is 16.4. The maximum atomic E-state index is 10.8. The van der Waals surface area contributed by atoms with Crippen LogP contribution in [0, 0.1) is 0 Å². The van der Waals surface area contributed by atoms with E-state index in [1.54, 1.807) is 0 Å². The summed E-state index contributed by atoms with van der Waals surface area (Å²) in [7, 11) is 2.08. The lowest BCUT2D eigenvalue weighted by Crippen LogP contribution is -2.51. The quantitative estimate of drug-likeness (QED) is 0.757. The second-order valence-electron chi connectivity index (χ2n) is 5.40. The summed E-state index contributed by atoms with van der Waals surface area (Å²) in [6.07, 6.45) is 1.07. The van der Waals surface area contributed by atoms with Crippen LogP contribution in [0.1, 0.15) is 27.2 Å². The molecule has 1 aliphatic rings. The van der Waals surface area contributed by atoms with Gasteiger partial charge in [0.1, 0.15) is 0 Å². The van der Waals surface area contributed by atoms with Gasteiger partial charge in [-0.2, -0.15) is 0 Å². The van der Waals surface area contributed by atoms with Crippen molar-refractivity contribution in [3.8, 4) is 0 Å². The molecule has 0 aliphatic carbocycles. The van der Waals surface area contributed by atoms with Gasteiger partial charge in [0.25, 0.3) is 0 Å².